The van der Waals surface area contributed by atoms with Crippen molar-refractivity contribution in [3.05, 3.63) is 35.7 Å². The van der Waals surface area contributed by atoms with Gasteiger partial charge in [-0.3, -0.25) is 0 Å². The quantitative estimate of drug-likeness (QED) is 0.728. The second-order valence-electron chi connectivity index (χ2n) is 3.71. The molecule has 1 N–H and O–H groups in total. The molecule has 0 aromatic carbocycles. The molecule has 1 saturated heterocycles. The number of carboxylic acid groups (broad SMARTS) is 1. The number of hydrogen-bond acceptors (Lipinski definition) is 5. The minimum Gasteiger partial charge on any atom is -0.478 e. The molecule has 1 aliphatic carbocycles. The third kappa shape index (κ3) is 1.49. The molecule has 1 aromatic rings. The van der Waals surface area contributed by atoms with E-state index in [1.807, 2.05) is 0 Å². The molecule has 0 radical (unpaired) electrons. The van der Waals surface area contributed by atoms with Crippen LogP contribution in [0, 0.1) is 0 Å². The van der Waals surface area contributed by atoms with Crippen molar-refractivity contribution < 1.29 is 23.9 Å². The summed E-state index contributed by atoms with van der Waals surface area (Å²) in [6, 6.07) is 0. The zero-order valence-electron chi connectivity index (χ0n) is 8.75. The number of carbonyl (C=O) groups is 1. The van der Waals surface area contributed by atoms with Gasteiger partial charge in [-0.2, -0.15) is 0 Å². The molecule has 6 heteroatoms. The Morgan fingerprint density at radius 2 is 2.24 bits per heavy atom. The molecule has 17 heavy (non-hydrogen) atoms. The van der Waals surface area contributed by atoms with E-state index in [1.165, 1.54) is 6.26 Å². The SMILES string of the molecule is O=C(O)C=C1C=CC2(OCCO2)c2nocc21. The molecule has 3 rings (SSSR count). The Bertz CT molecular complexity index is 522. The smallest absolute Gasteiger partial charge is 0.328 e. The minimum absolute atomic E-state index is 0.463. The second-order valence-corrected chi connectivity index (χ2v) is 3.71. The predicted molar refractivity (Wildman–Crippen MR) is 54.8 cm³/mol. The molecule has 2 heterocycles. The minimum atomic E-state index is -1.03. The first-order valence-corrected chi connectivity index (χ1v) is 5.08. The summed E-state index contributed by atoms with van der Waals surface area (Å²) in [5.41, 5.74) is 1.56. The third-order valence-corrected chi connectivity index (χ3v) is 2.69. The fraction of sp³-hybridized carbons (Fsp3) is 0.273. The number of nitrogens with zero attached hydrogens (tertiary/aromatic N) is 1. The van der Waals surface area contributed by atoms with E-state index >= 15 is 0 Å². The van der Waals surface area contributed by atoms with Crippen LogP contribution in [-0.4, -0.2) is 29.4 Å². The molecular formula is C11H9NO5. The van der Waals surface area contributed by atoms with Gasteiger partial charge in [0.2, 0.25) is 5.79 Å². The first-order chi connectivity index (χ1) is 8.21. The zero-order chi connectivity index (χ0) is 11.9. The van der Waals surface area contributed by atoms with Crippen LogP contribution < -0.4 is 0 Å². The van der Waals surface area contributed by atoms with E-state index in [-0.39, 0.29) is 0 Å². The lowest BCUT2D eigenvalue weighted by atomic mass is 9.94. The molecule has 0 bridgehead atoms. The Balaban J connectivity index is 2.11. The van der Waals surface area contributed by atoms with Crippen LogP contribution in [0.3, 0.4) is 0 Å². The first-order valence-electron chi connectivity index (χ1n) is 5.08. The van der Waals surface area contributed by atoms with Gasteiger partial charge in [-0.05, 0) is 11.6 Å². The van der Waals surface area contributed by atoms with Gasteiger partial charge in [-0.25, -0.2) is 4.79 Å². The van der Waals surface area contributed by atoms with E-state index in [0.29, 0.717) is 30.0 Å². The van der Waals surface area contributed by atoms with Gasteiger partial charge in [0, 0.05) is 6.08 Å². The summed E-state index contributed by atoms with van der Waals surface area (Å²) >= 11 is 0. The van der Waals surface area contributed by atoms with Gasteiger partial charge < -0.3 is 19.1 Å². The zero-order valence-corrected chi connectivity index (χ0v) is 8.75. The number of aromatic nitrogens is 1. The van der Waals surface area contributed by atoms with Crippen molar-refractivity contribution in [1.82, 2.24) is 5.16 Å². The van der Waals surface area contributed by atoms with Crippen molar-refractivity contribution in [3.8, 4) is 0 Å². The van der Waals surface area contributed by atoms with E-state index in [1.54, 1.807) is 12.2 Å². The molecular weight excluding hydrogens is 226 g/mol. The van der Waals surface area contributed by atoms with Gasteiger partial charge in [0.1, 0.15) is 6.26 Å². The Labute approximate surface area is 96.1 Å². The van der Waals surface area contributed by atoms with Crippen LogP contribution in [0.15, 0.2) is 29.0 Å². The van der Waals surface area contributed by atoms with Crippen LogP contribution in [0.1, 0.15) is 11.3 Å². The summed E-state index contributed by atoms with van der Waals surface area (Å²) in [5.74, 6) is -2.04. The lowest BCUT2D eigenvalue weighted by Gasteiger charge is -2.25. The average Bonchev–Trinajstić information content (AvgIpc) is 2.92. The summed E-state index contributed by atoms with van der Waals surface area (Å²) < 4.78 is 15.9. The monoisotopic (exact) mass is 235 g/mol. The van der Waals surface area contributed by atoms with Gasteiger partial charge in [0.15, 0.2) is 5.69 Å². The number of aliphatic carboxylic acids is 1. The maximum absolute atomic E-state index is 10.7. The highest BCUT2D eigenvalue weighted by atomic mass is 16.7. The van der Waals surface area contributed by atoms with Crippen molar-refractivity contribution in [3.63, 3.8) is 0 Å². The molecule has 1 spiro atoms. The normalized spacial score (nSPS) is 23.2. The number of fused-ring (bicyclic) bond motifs is 2. The Morgan fingerprint density at radius 1 is 1.47 bits per heavy atom. The van der Waals surface area contributed by atoms with Crippen LogP contribution in [-0.2, 0) is 20.1 Å². The van der Waals surface area contributed by atoms with Crippen LogP contribution in [0.4, 0.5) is 0 Å². The second kappa shape index (κ2) is 3.54. The fourth-order valence-electron chi connectivity index (χ4n) is 1.98. The summed E-state index contributed by atoms with van der Waals surface area (Å²) in [6.07, 6.45) is 5.77. The van der Waals surface area contributed by atoms with Crippen molar-refractivity contribution in [2.75, 3.05) is 13.2 Å². The molecule has 0 unspecified atom stereocenters. The first kappa shape index (κ1) is 10.2. The molecule has 0 atom stereocenters. The lowest BCUT2D eigenvalue weighted by Crippen LogP contribution is -2.28. The largest absolute Gasteiger partial charge is 0.478 e. The maximum Gasteiger partial charge on any atom is 0.328 e. The van der Waals surface area contributed by atoms with Gasteiger partial charge in [0.25, 0.3) is 0 Å². The highest BCUT2D eigenvalue weighted by Gasteiger charge is 2.43. The number of ether oxygens (including phenoxy) is 2. The van der Waals surface area contributed by atoms with Crippen molar-refractivity contribution >= 4 is 11.5 Å². The van der Waals surface area contributed by atoms with E-state index in [2.05, 4.69) is 5.16 Å². The van der Waals surface area contributed by atoms with E-state index < -0.39 is 11.8 Å². The molecule has 0 amide bonds. The summed E-state index contributed by atoms with van der Waals surface area (Å²) in [6.45, 7) is 0.934. The van der Waals surface area contributed by atoms with Crippen molar-refractivity contribution in [1.29, 1.82) is 0 Å². The molecule has 88 valence electrons. The number of hydrogen-bond donors (Lipinski definition) is 1. The molecule has 1 fully saturated rings. The number of carboxylic acids is 1. The lowest BCUT2D eigenvalue weighted by molar-refractivity contribution is -0.131. The number of allylic oxidation sites excluding steroid dienone is 2. The summed E-state index contributed by atoms with van der Waals surface area (Å²) in [4.78, 5) is 10.7. The van der Waals surface area contributed by atoms with Crippen molar-refractivity contribution in [2.45, 2.75) is 5.79 Å². The highest BCUT2D eigenvalue weighted by molar-refractivity contribution is 5.94. The topological polar surface area (TPSA) is 81.8 Å². The predicted octanol–water partition coefficient (Wildman–Crippen LogP) is 0.912. The molecule has 0 saturated carbocycles. The van der Waals surface area contributed by atoms with E-state index in [4.69, 9.17) is 19.1 Å². The Kier molecular flexibility index (Phi) is 2.13. The highest BCUT2D eigenvalue weighted by Crippen LogP contribution is 2.40. The third-order valence-electron chi connectivity index (χ3n) is 2.69. The fourth-order valence-corrected chi connectivity index (χ4v) is 1.98. The molecule has 1 aliphatic heterocycles. The Morgan fingerprint density at radius 3 is 2.94 bits per heavy atom. The van der Waals surface area contributed by atoms with Gasteiger partial charge in [-0.1, -0.05) is 11.2 Å². The summed E-state index contributed by atoms with van der Waals surface area (Å²) in [7, 11) is 0. The van der Waals surface area contributed by atoms with Gasteiger partial charge in [0.05, 0.1) is 18.8 Å². The number of rotatable bonds is 1. The van der Waals surface area contributed by atoms with Crippen molar-refractivity contribution in [2.24, 2.45) is 0 Å². The average molecular weight is 235 g/mol. The van der Waals surface area contributed by atoms with Gasteiger partial charge in [-0.15, -0.1) is 0 Å². The molecule has 1 aromatic heterocycles. The standard InChI is InChI=1S/C11H9NO5/c13-9(14)5-7-1-2-11(15-3-4-16-11)10-8(7)6-17-12-10/h1-2,5-6H,3-4H2,(H,13,14). The van der Waals surface area contributed by atoms with Crippen LogP contribution in [0.5, 0.6) is 0 Å². The van der Waals surface area contributed by atoms with Crippen LogP contribution in [0.25, 0.3) is 5.57 Å². The Hall–Kier alpha value is -1.92. The molecule has 6 nitrogen and oxygen atoms in total. The van der Waals surface area contributed by atoms with Crippen LogP contribution in [0.2, 0.25) is 0 Å². The maximum atomic E-state index is 10.7. The molecule has 2 aliphatic rings. The van der Waals surface area contributed by atoms with Crippen LogP contribution >= 0.6 is 0 Å². The van der Waals surface area contributed by atoms with Gasteiger partial charge >= 0.3 is 5.97 Å². The summed E-state index contributed by atoms with van der Waals surface area (Å²) in [5, 5.41) is 12.6. The van der Waals surface area contributed by atoms with E-state index in [9.17, 15) is 4.79 Å². The van der Waals surface area contributed by atoms with E-state index in [0.717, 1.165) is 6.08 Å².